The first-order chi connectivity index (χ1) is 15.6. The summed E-state index contributed by atoms with van der Waals surface area (Å²) in [5, 5.41) is 0.191. The molecule has 2 aliphatic rings. The molecule has 1 aromatic heterocycles. The molecule has 6 nitrogen and oxygen atoms in total. The highest BCUT2D eigenvalue weighted by Crippen LogP contribution is 2.37. The minimum absolute atomic E-state index is 0.191. The Morgan fingerprint density at radius 1 is 1.28 bits per heavy atom. The Labute approximate surface area is 187 Å². The number of aromatic nitrogens is 2. The van der Waals surface area contributed by atoms with E-state index in [4.69, 9.17) is 7.10 Å². The molecule has 9 heteroatoms. The Hall–Kier alpha value is -2.42. The van der Waals surface area contributed by atoms with Crippen LogP contribution in [-0.4, -0.2) is 52.5 Å². The van der Waals surface area contributed by atoms with Gasteiger partial charge in [0.25, 0.3) is 0 Å². The normalized spacial score (nSPS) is 27.2. The van der Waals surface area contributed by atoms with E-state index in [0.717, 1.165) is 37.8 Å². The third-order valence-electron chi connectivity index (χ3n) is 6.85. The zero-order valence-corrected chi connectivity index (χ0v) is 18.3. The number of nitrogens with two attached hydrogens (primary N) is 1. The summed E-state index contributed by atoms with van der Waals surface area (Å²) in [6.07, 6.45) is 1.09. The van der Waals surface area contributed by atoms with Crippen LogP contribution in [0.2, 0.25) is 0 Å². The van der Waals surface area contributed by atoms with Crippen LogP contribution >= 0.6 is 0 Å². The highest BCUT2D eigenvalue weighted by atomic mass is 19.4. The molecule has 1 amide bonds. The first-order valence-electron chi connectivity index (χ1n) is 11.7. The molecular formula is C23H30F3N5O. The first kappa shape index (κ1) is 21.4. The number of primary amides is 1. The van der Waals surface area contributed by atoms with Crippen LogP contribution < -0.4 is 10.6 Å². The van der Waals surface area contributed by atoms with E-state index in [1.807, 2.05) is 0 Å². The lowest BCUT2D eigenvalue weighted by molar-refractivity contribution is -0.137. The van der Waals surface area contributed by atoms with E-state index < -0.39 is 30.2 Å². The molecule has 174 valence electrons. The van der Waals surface area contributed by atoms with E-state index in [0.29, 0.717) is 29.9 Å². The van der Waals surface area contributed by atoms with E-state index >= 15 is 0 Å². The fourth-order valence-corrected chi connectivity index (χ4v) is 4.92. The summed E-state index contributed by atoms with van der Waals surface area (Å²) in [6, 6.07) is 3.19. The average molecular weight is 451 g/mol. The van der Waals surface area contributed by atoms with Crippen LogP contribution in [0.15, 0.2) is 24.5 Å². The molecule has 4 rings (SSSR count). The van der Waals surface area contributed by atoms with Crippen molar-refractivity contribution in [1.29, 1.82) is 0 Å². The van der Waals surface area contributed by atoms with Crippen LogP contribution in [0.1, 0.15) is 46.5 Å². The van der Waals surface area contributed by atoms with Gasteiger partial charge in [-0.15, -0.1) is 0 Å². The number of rotatable bonds is 6. The highest BCUT2D eigenvalue weighted by molar-refractivity contribution is 5.92. The Kier molecular flexibility index (Phi) is 5.92. The van der Waals surface area contributed by atoms with Crippen molar-refractivity contribution in [3.05, 3.63) is 30.1 Å². The van der Waals surface area contributed by atoms with Crippen molar-refractivity contribution in [2.75, 3.05) is 24.5 Å². The summed E-state index contributed by atoms with van der Waals surface area (Å²) in [7, 11) is 0. The number of alkyl halides is 3. The lowest BCUT2D eigenvalue weighted by atomic mass is 9.78. The number of carbonyl (C=O) groups excluding carboxylic acids is 1. The third kappa shape index (κ3) is 4.67. The summed E-state index contributed by atoms with van der Waals surface area (Å²) in [5.41, 5.74) is 5.00. The number of amides is 1. The number of halogens is 3. The van der Waals surface area contributed by atoms with Gasteiger partial charge in [-0.1, -0.05) is 13.8 Å². The van der Waals surface area contributed by atoms with Gasteiger partial charge < -0.3 is 10.6 Å². The van der Waals surface area contributed by atoms with E-state index in [2.05, 4.69) is 28.7 Å². The molecule has 1 aromatic carbocycles. The van der Waals surface area contributed by atoms with E-state index in [-0.39, 0.29) is 17.7 Å². The molecule has 32 heavy (non-hydrogen) atoms. The van der Waals surface area contributed by atoms with Gasteiger partial charge in [0, 0.05) is 25.9 Å². The molecule has 2 aromatic rings. The number of hydrogen-bond donors (Lipinski definition) is 1. The second kappa shape index (κ2) is 8.84. The predicted octanol–water partition coefficient (Wildman–Crippen LogP) is 3.84. The van der Waals surface area contributed by atoms with Crippen molar-refractivity contribution in [2.45, 2.75) is 57.8 Å². The second-order valence-electron chi connectivity index (χ2n) is 9.25. The van der Waals surface area contributed by atoms with Gasteiger partial charge in [-0.05, 0) is 55.7 Å². The molecule has 1 saturated heterocycles. The number of likely N-dealkylation sites (tertiary alicyclic amines) is 1. The van der Waals surface area contributed by atoms with Gasteiger partial charge in [-0.3, -0.25) is 9.69 Å². The van der Waals surface area contributed by atoms with Crippen molar-refractivity contribution in [1.82, 2.24) is 14.9 Å². The standard InChI is InChI=1S/C23H30F3N5O/c1-14(2)15-3-6-17(7-4-15)30-10-18(11-30)31(12-21(27)32)22-19-9-16(23(24,25)26)5-8-20(19)28-13-29-22/h5,8-9,13-15,17-18H,3-4,6-7,10-12H2,1-2H3,(H2,27,32)/i10D/t10-,15?,17?,18+/m0/s1. The van der Waals surface area contributed by atoms with Crippen molar-refractivity contribution in [3.8, 4) is 0 Å². The maximum atomic E-state index is 13.3. The molecule has 1 aliphatic carbocycles. The molecule has 1 aliphatic heterocycles. The lowest BCUT2D eigenvalue weighted by Gasteiger charge is -2.50. The van der Waals surface area contributed by atoms with Gasteiger partial charge in [0.05, 0.1) is 23.7 Å². The summed E-state index contributed by atoms with van der Waals surface area (Å²) in [5.74, 6) is 0.941. The smallest absolute Gasteiger partial charge is 0.368 e. The van der Waals surface area contributed by atoms with Gasteiger partial charge in [0.2, 0.25) is 5.91 Å². The maximum Gasteiger partial charge on any atom is 0.416 e. The minimum atomic E-state index is -4.52. The summed E-state index contributed by atoms with van der Waals surface area (Å²) in [4.78, 5) is 23.9. The minimum Gasteiger partial charge on any atom is -0.368 e. The van der Waals surface area contributed by atoms with Gasteiger partial charge in [0.15, 0.2) is 0 Å². The monoisotopic (exact) mass is 450 g/mol. The summed E-state index contributed by atoms with van der Waals surface area (Å²) in [6.45, 7) is 4.20. The SMILES string of the molecule is [2H][C@H]1[C@@H](N(CC(N)=O)c2ncnc3ccc(C(F)(F)F)cc23)CN1C1CCC(C(C)C)CC1. The number of anilines is 1. The van der Waals surface area contributed by atoms with Crippen LogP contribution in [0, 0.1) is 11.8 Å². The largest absolute Gasteiger partial charge is 0.416 e. The van der Waals surface area contributed by atoms with E-state index in [1.54, 1.807) is 4.90 Å². The molecule has 2 fully saturated rings. The van der Waals surface area contributed by atoms with Crippen molar-refractivity contribution >= 4 is 22.6 Å². The molecule has 1 saturated carbocycles. The molecule has 0 spiro atoms. The molecule has 2 heterocycles. The Morgan fingerprint density at radius 3 is 2.59 bits per heavy atom. The molecule has 0 bridgehead atoms. The lowest BCUT2D eigenvalue weighted by Crippen LogP contribution is -2.64. The third-order valence-corrected chi connectivity index (χ3v) is 6.85. The van der Waals surface area contributed by atoms with Crippen LogP contribution in [0.25, 0.3) is 10.9 Å². The number of hydrogen-bond acceptors (Lipinski definition) is 5. The number of nitrogens with zero attached hydrogens (tertiary/aromatic N) is 4. The summed E-state index contributed by atoms with van der Waals surface area (Å²) < 4.78 is 48.8. The number of fused-ring (bicyclic) bond motifs is 1. The zero-order chi connectivity index (χ0) is 23.9. The Balaban J connectivity index is 1.59. The van der Waals surface area contributed by atoms with Crippen LogP contribution in [0.3, 0.4) is 0 Å². The zero-order valence-electron chi connectivity index (χ0n) is 19.3. The van der Waals surface area contributed by atoms with Gasteiger partial charge in [0.1, 0.15) is 12.1 Å². The topological polar surface area (TPSA) is 75.3 Å². The second-order valence-corrected chi connectivity index (χ2v) is 9.25. The van der Waals surface area contributed by atoms with Crippen LogP contribution in [0.4, 0.5) is 19.0 Å². The average Bonchev–Trinajstić information content (AvgIpc) is 2.76. The van der Waals surface area contributed by atoms with Crippen LogP contribution in [-0.2, 0) is 11.0 Å². The van der Waals surface area contributed by atoms with Gasteiger partial charge in [-0.25, -0.2) is 9.97 Å². The van der Waals surface area contributed by atoms with Crippen LogP contribution in [0.5, 0.6) is 0 Å². The first-order valence-corrected chi connectivity index (χ1v) is 11.1. The molecule has 0 unspecified atom stereocenters. The van der Waals surface area contributed by atoms with Gasteiger partial charge >= 0.3 is 6.18 Å². The van der Waals surface area contributed by atoms with E-state index in [9.17, 15) is 18.0 Å². The van der Waals surface area contributed by atoms with Crippen molar-refractivity contribution < 1.29 is 19.3 Å². The summed E-state index contributed by atoms with van der Waals surface area (Å²) >= 11 is 0. The quantitative estimate of drug-likeness (QED) is 0.724. The number of carbonyl (C=O) groups is 1. The molecule has 2 N–H and O–H groups in total. The van der Waals surface area contributed by atoms with Gasteiger partial charge in [-0.2, -0.15) is 13.2 Å². The highest BCUT2D eigenvalue weighted by Gasteiger charge is 2.39. The van der Waals surface area contributed by atoms with Crippen molar-refractivity contribution in [2.24, 2.45) is 17.6 Å². The molecule has 2 atom stereocenters. The number of benzene rings is 1. The predicted molar refractivity (Wildman–Crippen MR) is 117 cm³/mol. The van der Waals surface area contributed by atoms with Crippen molar-refractivity contribution in [3.63, 3.8) is 0 Å². The fraction of sp³-hybridized carbons (Fsp3) is 0.609. The van der Waals surface area contributed by atoms with E-state index in [1.165, 1.54) is 12.4 Å². The molecule has 0 radical (unpaired) electrons. The Morgan fingerprint density at radius 2 is 2.00 bits per heavy atom. The Bertz CT molecular complexity index is 1010. The molecular weight excluding hydrogens is 419 g/mol. The maximum absolute atomic E-state index is 13.3. The fourth-order valence-electron chi connectivity index (χ4n) is 4.92.